The molecule has 0 N–H and O–H groups in total. The molecular formula is C17H25NO2. The predicted octanol–water partition coefficient (Wildman–Crippen LogP) is 3.10. The van der Waals surface area contributed by atoms with Crippen LogP contribution in [-0.2, 0) is 16.1 Å². The second kappa shape index (κ2) is 7.44. The Morgan fingerprint density at radius 1 is 1.30 bits per heavy atom. The van der Waals surface area contributed by atoms with Crippen molar-refractivity contribution in [3.8, 4) is 0 Å². The van der Waals surface area contributed by atoms with Gasteiger partial charge in [-0.2, -0.15) is 0 Å². The first kappa shape index (κ1) is 15.0. The summed E-state index contributed by atoms with van der Waals surface area (Å²) in [6.07, 6.45) is 1.70. The van der Waals surface area contributed by atoms with Crippen molar-refractivity contribution in [3.05, 3.63) is 35.9 Å². The maximum absolute atomic E-state index is 12.0. The summed E-state index contributed by atoms with van der Waals surface area (Å²) in [7, 11) is 0. The van der Waals surface area contributed by atoms with E-state index in [1.54, 1.807) is 0 Å². The Balaban J connectivity index is 1.70. The molecule has 1 atom stereocenters. The molecule has 1 unspecified atom stereocenters. The average molecular weight is 275 g/mol. The molecule has 1 fully saturated rings. The van der Waals surface area contributed by atoms with Crippen molar-refractivity contribution in [2.75, 3.05) is 19.7 Å². The molecule has 1 aromatic carbocycles. The van der Waals surface area contributed by atoms with E-state index in [-0.39, 0.29) is 0 Å². The zero-order valence-electron chi connectivity index (χ0n) is 12.5. The average Bonchev–Trinajstić information content (AvgIpc) is 2.43. The Morgan fingerprint density at radius 3 is 2.70 bits per heavy atom. The molecule has 1 aromatic rings. The molecule has 1 aliphatic heterocycles. The summed E-state index contributed by atoms with van der Waals surface area (Å²) in [6.45, 7) is 7.41. The van der Waals surface area contributed by atoms with E-state index in [0.717, 1.165) is 19.5 Å². The molecule has 0 aliphatic carbocycles. The number of ether oxygens (including phenoxy) is 1. The first-order chi connectivity index (χ1) is 9.65. The molecule has 3 heteroatoms. The molecule has 1 aliphatic rings. The van der Waals surface area contributed by atoms with Gasteiger partial charge in [-0.05, 0) is 23.8 Å². The summed E-state index contributed by atoms with van der Waals surface area (Å²) < 4.78 is 5.75. The monoisotopic (exact) mass is 275 g/mol. The molecule has 3 nitrogen and oxygen atoms in total. The zero-order valence-corrected chi connectivity index (χ0v) is 12.5. The van der Waals surface area contributed by atoms with Gasteiger partial charge in [-0.1, -0.05) is 44.2 Å². The van der Waals surface area contributed by atoms with E-state index in [0.29, 0.717) is 37.4 Å². The van der Waals surface area contributed by atoms with Crippen molar-refractivity contribution in [1.29, 1.82) is 0 Å². The molecule has 0 aromatic heterocycles. The number of rotatable bonds is 6. The highest BCUT2D eigenvalue weighted by atomic mass is 16.5. The molecule has 1 heterocycles. The topological polar surface area (TPSA) is 29.5 Å². The lowest BCUT2D eigenvalue weighted by atomic mass is 9.96. The number of benzene rings is 1. The minimum atomic E-state index is 0.290. The van der Waals surface area contributed by atoms with Gasteiger partial charge in [-0.3, -0.25) is 4.79 Å². The molecule has 1 amide bonds. The van der Waals surface area contributed by atoms with Gasteiger partial charge in [0.1, 0.15) is 0 Å². The molecule has 2 rings (SSSR count). The van der Waals surface area contributed by atoms with Crippen molar-refractivity contribution < 1.29 is 9.53 Å². The van der Waals surface area contributed by atoms with Gasteiger partial charge in [-0.15, -0.1) is 0 Å². The summed E-state index contributed by atoms with van der Waals surface area (Å²) in [5.74, 6) is 1.22. The minimum Gasteiger partial charge on any atom is -0.376 e. The van der Waals surface area contributed by atoms with Crippen molar-refractivity contribution in [1.82, 2.24) is 4.90 Å². The quantitative estimate of drug-likeness (QED) is 0.798. The third-order valence-electron chi connectivity index (χ3n) is 3.67. The first-order valence-corrected chi connectivity index (χ1v) is 7.54. The van der Waals surface area contributed by atoms with Crippen LogP contribution in [0.2, 0.25) is 0 Å². The summed E-state index contributed by atoms with van der Waals surface area (Å²) in [6, 6.07) is 10.2. The van der Waals surface area contributed by atoms with Crippen molar-refractivity contribution in [3.63, 3.8) is 0 Å². The SMILES string of the molecule is CC(C)CN1CCC(COCc2ccccc2)CC1=O. The van der Waals surface area contributed by atoms with Gasteiger partial charge >= 0.3 is 0 Å². The van der Waals surface area contributed by atoms with Crippen molar-refractivity contribution in [2.45, 2.75) is 33.3 Å². The molecule has 1 saturated heterocycles. The lowest BCUT2D eigenvalue weighted by Crippen LogP contribution is -2.41. The van der Waals surface area contributed by atoms with E-state index >= 15 is 0 Å². The van der Waals surface area contributed by atoms with E-state index < -0.39 is 0 Å². The fourth-order valence-electron chi connectivity index (χ4n) is 2.64. The normalized spacial score (nSPS) is 19.6. The van der Waals surface area contributed by atoms with E-state index in [9.17, 15) is 4.79 Å². The molecule has 0 spiro atoms. The van der Waals surface area contributed by atoms with Crippen LogP contribution >= 0.6 is 0 Å². The Kier molecular flexibility index (Phi) is 5.60. The second-order valence-electron chi connectivity index (χ2n) is 6.09. The molecule has 0 saturated carbocycles. The molecule has 20 heavy (non-hydrogen) atoms. The number of carbonyl (C=O) groups excluding carboxylic acids is 1. The van der Waals surface area contributed by atoms with Gasteiger partial charge in [0, 0.05) is 19.5 Å². The van der Waals surface area contributed by atoms with Gasteiger partial charge in [0.25, 0.3) is 0 Å². The van der Waals surface area contributed by atoms with Crippen LogP contribution in [0.5, 0.6) is 0 Å². The summed E-state index contributed by atoms with van der Waals surface area (Å²) in [5.41, 5.74) is 1.19. The van der Waals surface area contributed by atoms with E-state index in [1.807, 2.05) is 23.1 Å². The van der Waals surface area contributed by atoms with Gasteiger partial charge in [0.15, 0.2) is 0 Å². The zero-order chi connectivity index (χ0) is 14.4. The number of hydrogen-bond donors (Lipinski definition) is 0. The Morgan fingerprint density at radius 2 is 2.05 bits per heavy atom. The van der Waals surface area contributed by atoms with Gasteiger partial charge in [-0.25, -0.2) is 0 Å². The minimum absolute atomic E-state index is 0.290. The smallest absolute Gasteiger partial charge is 0.222 e. The summed E-state index contributed by atoms with van der Waals surface area (Å²) >= 11 is 0. The third-order valence-corrected chi connectivity index (χ3v) is 3.67. The molecular weight excluding hydrogens is 250 g/mol. The maximum Gasteiger partial charge on any atom is 0.222 e. The Bertz CT molecular complexity index is 416. The number of hydrogen-bond acceptors (Lipinski definition) is 2. The van der Waals surface area contributed by atoms with Gasteiger partial charge in [0.05, 0.1) is 13.2 Å². The largest absolute Gasteiger partial charge is 0.376 e. The molecule has 0 radical (unpaired) electrons. The highest BCUT2D eigenvalue weighted by Crippen LogP contribution is 2.20. The van der Waals surface area contributed by atoms with Crippen LogP contribution in [0.25, 0.3) is 0 Å². The van der Waals surface area contributed by atoms with E-state index in [1.165, 1.54) is 5.56 Å². The Labute approximate surface area is 121 Å². The lowest BCUT2D eigenvalue weighted by Gasteiger charge is -2.32. The summed E-state index contributed by atoms with van der Waals surface area (Å²) in [4.78, 5) is 14.0. The predicted molar refractivity (Wildman–Crippen MR) is 80.2 cm³/mol. The highest BCUT2D eigenvalue weighted by molar-refractivity contribution is 5.77. The molecule has 110 valence electrons. The van der Waals surface area contributed by atoms with E-state index in [2.05, 4.69) is 26.0 Å². The number of carbonyl (C=O) groups is 1. The number of amides is 1. The molecule has 0 bridgehead atoms. The number of nitrogens with zero attached hydrogens (tertiary/aromatic N) is 1. The highest BCUT2D eigenvalue weighted by Gasteiger charge is 2.26. The van der Waals surface area contributed by atoms with Crippen molar-refractivity contribution >= 4 is 5.91 Å². The van der Waals surface area contributed by atoms with Crippen LogP contribution in [0.15, 0.2) is 30.3 Å². The van der Waals surface area contributed by atoms with Crippen LogP contribution in [0.1, 0.15) is 32.3 Å². The lowest BCUT2D eigenvalue weighted by molar-refractivity contribution is -0.136. The summed E-state index contributed by atoms with van der Waals surface area (Å²) in [5, 5.41) is 0. The maximum atomic E-state index is 12.0. The van der Waals surface area contributed by atoms with Gasteiger partial charge in [0.2, 0.25) is 5.91 Å². The van der Waals surface area contributed by atoms with Crippen molar-refractivity contribution in [2.24, 2.45) is 11.8 Å². The van der Waals surface area contributed by atoms with Crippen LogP contribution < -0.4 is 0 Å². The number of likely N-dealkylation sites (tertiary alicyclic amines) is 1. The first-order valence-electron chi connectivity index (χ1n) is 7.54. The number of piperidine rings is 1. The standard InChI is InChI=1S/C17H25NO2/c1-14(2)11-18-9-8-16(10-17(18)19)13-20-12-15-6-4-3-5-7-15/h3-7,14,16H,8-13H2,1-2H3. The van der Waals surface area contributed by atoms with Crippen LogP contribution in [-0.4, -0.2) is 30.5 Å². The fourth-order valence-corrected chi connectivity index (χ4v) is 2.64. The second-order valence-corrected chi connectivity index (χ2v) is 6.09. The van der Waals surface area contributed by atoms with E-state index in [4.69, 9.17) is 4.74 Å². The Hall–Kier alpha value is -1.35. The van der Waals surface area contributed by atoms with Crippen LogP contribution in [0.4, 0.5) is 0 Å². The third kappa shape index (κ3) is 4.64. The van der Waals surface area contributed by atoms with Crippen LogP contribution in [0, 0.1) is 11.8 Å². The fraction of sp³-hybridized carbons (Fsp3) is 0.588. The van der Waals surface area contributed by atoms with Gasteiger partial charge < -0.3 is 9.64 Å². The van der Waals surface area contributed by atoms with Crippen LogP contribution in [0.3, 0.4) is 0 Å².